The molecular weight excluding hydrogens is 300 g/mol. The maximum absolute atomic E-state index is 11.7. The molecule has 6 nitrogen and oxygen atoms in total. The second kappa shape index (κ2) is 10.4. The highest BCUT2D eigenvalue weighted by Gasteiger charge is 2.12. The highest BCUT2D eigenvalue weighted by atomic mass is 16.6. The van der Waals surface area contributed by atoms with Crippen molar-refractivity contribution in [3.63, 3.8) is 0 Å². The number of carbonyl (C=O) groups excluding carboxylic acids is 2. The number of carbonyl (C=O) groups is 3. The van der Waals surface area contributed by atoms with E-state index < -0.39 is 17.9 Å². The molecule has 0 bridgehead atoms. The molecule has 0 aliphatic heterocycles. The third-order valence-electron chi connectivity index (χ3n) is 3.33. The van der Waals surface area contributed by atoms with E-state index in [0.717, 1.165) is 25.7 Å². The first kappa shape index (κ1) is 18.7. The summed E-state index contributed by atoms with van der Waals surface area (Å²) in [6.45, 7) is 0. The number of unbranched alkanes of at least 4 members (excludes halogenated alkanes) is 5. The molecule has 2 N–H and O–H groups in total. The van der Waals surface area contributed by atoms with Gasteiger partial charge < -0.3 is 14.9 Å². The van der Waals surface area contributed by atoms with Crippen molar-refractivity contribution in [3.05, 3.63) is 29.8 Å². The Morgan fingerprint density at radius 1 is 0.826 bits per heavy atom. The molecule has 1 rings (SSSR count). The van der Waals surface area contributed by atoms with E-state index in [1.54, 1.807) is 0 Å². The number of aromatic hydroxyl groups is 1. The third-order valence-corrected chi connectivity index (χ3v) is 3.33. The minimum atomic E-state index is -0.772. The van der Waals surface area contributed by atoms with Gasteiger partial charge in [-0.15, -0.1) is 0 Å². The molecule has 0 unspecified atom stereocenters. The van der Waals surface area contributed by atoms with Gasteiger partial charge in [-0.05, 0) is 37.1 Å². The maximum atomic E-state index is 11.7. The lowest BCUT2D eigenvalue weighted by molar-refractivity contribution is -0.138. The molecule has 126 valence electrons. The van der Waals surface area contributed by atoms with E-state index >= 15 is 0 Å². The number of carboxylic acids is 1. The van der Waals surface area contributed by atoms with Crippen molar-refractivity contribution in [3.8, 4) is 5.75 Å². The van der Waals surface area contributed by atoms with Crippen molar-refractivity contribution in [2.75, 3.05) is 0 Å². The van der Waals surface area contributed by atoms with Crippen LogP contribution in [0.2, 0.25) is 0 Å². The summed E-state index contributed by atoms with van der Waals surface area (Å²) in [4.78, 5) is 33.5. The number of rotatable bonds is 10. The standard InChI is InChI=1S/C17H22O6/c18-14-11-9-13(10-12-14)17(22)23-16(21)8-6-4-2-1-3-5-7-15(19)20/h9-12,18H,1-8H2,(H,19,20). The fraction of sp³-hybridized carbons (Fsp3) is 0.471. The van der Waals surface area contributed by atoms with E-state index in [4.69, 9.17) is 14.9 Å². The Bertz CT molecular complexity index is 520. The molecule has 0 heterocycles. The van der Waals surface area contributed by atoms with Crippen molar-refractivity contribution < 1.29 is 29.3 Å². The Morgan fingerprint density at radius 3 is 1.91 bits per heavy atom. The van der Waals surface area contributed by atoms with Crippen LogP contribution < -0.4 is 0 Å². The van der Waals surface area contributed by atoms with Crippen LogP contribution >= 0.6 is 0 Å². The van der Waals surface area contributed by atoms with Gasteiger partial charge in [0.2, 0.25) is 0 Å². The van der Waals surface area contributed by atoms with Gasteiger partial charge >= 0.3 is 17.9 Å². The lowest BCUT2D eigenvalue weighted by atomic mass is 10.1. The van der Waals surface area contributed by atoms with Crippen LogP contribution in [0.4, 0.5) is 0 Å². The molecule has 0 saturated heterocycles. The monoisotopic (exact) mass is 322 g/mol. The van der Waals surface area contributed by atoms with Crippen molar-refractivity contribution in [2.45, 2.75) is 51.4 Å². The molecule has 23 heavy (non-hydrogen) atoms. The summed E-state index contributed by atoms with van der Waals surface area (Å²) in [5, 5.41) is 17.6. The van der Waals surface area contributed by atoms with Crippen LogP contribution in [-0.2, 0) is 14.3 Å². The quantitative estimate of drug-likeness (QED) is 0.389. The van der Waals surface area contributed by atoms with E-state index in [-0.39, 0.29) is 24.2 Å². The van der Waals surface area contributed by atoms with Crippen LogP contribution in [0.5, 0.6) is 5.75 Å². The zero-order valence-electron chi connectivity index (χ0n) is 13.0. The van der Waals surface area contributed by atoms with Crippen molar-refractivity contribution >= 4 is 17.9 Å². The summed E-state index contributed by atoms with van der Waals surface area (Å²) >= 11 is 0. The molecule has 0 atom stereocenters. The van der Waals surface area contributed by atoms with Gasteiger partial charge in [0.1, 0.15) is 5.75 Å². The van der Waals surface area contributed by atoms with E-state index in [1.807, 2.05) is 0 Å². The number of ether oxygens (including phenoxy) is 1. The average Bonchev–Trinajstić information content (AvgIpc) is 2.50. The van der Waals surface area contributed by atoms with Gasteiger partial charge in [0, 0.05) is 12.8 Å². The number of carboxylic acid groups (broad SMARTS) is 1. The average molecular weight is 322 g/mol. The Kier molecular flexibility index (Phi) is 8.42. The summed E-state index contributed by atoms with van der Waals surface area (Å²) in [7, 11) is 0. The van der Waals surface area contributed by atoms with Crippen LogP contribution in [0, 0.1) is 0 Å². The van der Waals surface area contributed by atoms with Crippen LogP contribution in [0.15, 0.2) is 24.3 Å². The van der Waals surface area contributed by atoms with Crippen molar-refractivity contribution in [1.29, 1.82) is 0 Å². The molecular formula is C17H22O6. The fourth-order valence-electron chi connectivity index (χ4n) is 2.06. The minimum absolute atomic E-state index is 0.0382. The smallest absolute Gasteiger partial charge is 0.345 e. The molecule has 0 aromatic heterocycles. The van der Waals surface area contributed by atoms with Gasteiger partial charge in [-0.1, -0.05) is 25.7 Å². The lowest BCUT2D eigenvalue weighted by Gasteiger charge is -2.04. The van der Waals surface area contributed by atoms with E-state index in [9.17, 15) is 14.4 Å². The number of phenols is 1. The summed E-state index contributed by atoms with van der Waals surface area (Å²) < 4.78 is 4.72. The zero-order valence-corrected chi connectivity index (χ0v) is 13.0. The molecule has 1 aromatic carbocycles. The zero-order chi connectivity index (χ0) is 17.1. The van der Waals surface area contributed by atoms with Gasteiger partial charge in [-0.2, -0.15) is 0 Å². The number of hydrogen-bond acceptors (Lipinski definition) is 5. The first-order valence-electron chi connectivity index (χ1n) is 7.75. The van der Waals surface area contributed by atoms with E-state index in [1.165, 1.54) is 24.3 Å². The number of hydrogen-bond donors (Lipinski definition) is 2. The van der Waals surface area contributed by atoms with Crippen molar-refractivity contribution in [1.82, 2.24) is 0 Å². The topological polar surface area (TPSA) is 101 Å². The number of phenolic OH excluding ortho intramolecular Hbond substituents is 1. The Hall–Kier alpha value is -2.37. The van der Waals surface area contributed by atoms with Crippen LogP contribution in [0.3, 0.4) is 0 Å². The normalized spacial score (nSPS) is 10.3. The van der Waals surface area contributed by atoms with Crippen LogP contribution in [0.25, 0.3) is 0 Å². The molecule has 0 amide bonds. The Morgan fingerprint density at radius 2 is 1.35 bits per heavy atom. The van der Waals surface area contributed by atoms with Gasteiger partial charge in [0.15, 0.2) is 0 Å². The van der Waals surface area contributed by atoms with E-state index in [0.29, 0.717) is 12.8 Å². The molecule has 0 spiro atoms. The number of aliphatic carboxylic acids is 1. The summed E-state index contributed by atoms with van der Waals surface area (Å²) in [6, 6.07) is 5.49. The molecule has 0 aliphatic carbocycles. The number of esters is 2. The predicted molar refractivity (Wildman–Crippen MR) is 83.1 cm³/mol. The lowest BCUT2D eigenvalue weighted by Crippen LogP contribution is -2.12. The molecule has 0 aliphatic rings. The maximum Gasteiger partial charge on any atom is 0.345 e. The largest absolute Gasteiger partial charge is 0.508 e. The summed E-state index contributed by atoms with van der Waals surface area (Å²) in [6.07, 6.45) is 5.28. The van der Waals surface area contributed by atoms with Crippen molar-refractivity contribution in [2.24, 2.45) is 0 Å². The molecule has 0 radical (unpaired) electrons. The number of benzene rings is 1. The summed E-state index contributed by atoms with van der Waals surface area (Å²) in [5.41, 5.74) is 0.217. The SMILES string of the molecule is O=C(O)CCCCCCCCC(=O)OC(=O)c1ccc(O)cc1. The van der Waals surface area contributed by atoms with Gasteiger partial charge in [-0.25, -0.2) is 4.79 Å². The Labute approximate surface area is 135 Å². The van der Waals surface area contributed by atoms with Crippen LogP contribution in [0.1, 0.15) is 61.7 Å². The molecule has 1 aromatic rings. The van der Waals surface area contributed by atoms with Gasteiger partial charge in [0.25, 0.3) is 0 Å². The fourth-order valence-corrected chi connectivity index (χ4v) is 2.06. The summed E-state index contributed by atoms with van der Waals surface area (Å²) in [5.74, 6) is -2.01. The highest BCUT2D eigenvalue weighted by molar-refractivity contribution is 5.96. The predicted octanol–water partition coefficient (Wildman–Crippen LogP) is 3.28. The molecule has 6 heteroatoms. The first-order chi connectivity index (χ1) is 11.0. The highest BCUT2D eigenvalue weighted by Crippen LogP contribution is 2.12. The van der Waals surface area contributed by atoms with Gasteiger partial charge in [-0.3, -0.25) is 9.59 Å². The molecule has 0 fully saturated rings. The Balaban J connectivity index is 2.09. The second-order valence-corrected chi connectivity index (χ2v) is 5.32. The van der Waals surface area contributed by atoms with Gasteiger partial charge in [0.05, 0.1) is 5.56 Å². The minimum Gasteiger partial charge on any atom is -0.508 e. The van der Waals surface area contributed by atoms with E-state index in [2.05, 4.69) is 0 Å². The van der Waals surface area contributed by atoms with Crippen LogP contribution in [-0.4, -0.2) is 28.1 Å². The second-order valence-electron chi connectivity index (χ2n) is 5.32. The third kappa shape index (κ3) is 8.60. The molecule has 0 saturated carbocycles. The first-order valence-corrected chi connectivity index (χ1v) is 7.75.